The molecule has 2 heteroatoms. The molecule has 3 aromatic rings. The second-order valence-electron chi connectivity index (χ2n) is 5.16. The van der Waals surface area contributed by atoms with Gasteiger partial charge < -0.3 is 4.74 Å². The summed E-state index contributed by atoms with van der Waals surface area (Å²) in [6.45, 7) is 1.99. The van der Waals surface area contributed by atoms with Gasteiger partial charge in [-0.15, -0.1) is 0 Å². The number of benzene rings is 3. The molecule has 0 spiro atoms. The van der Waals surface area contributed by atoms with Crippen LogP contribution in [0.4, 0.5) is 0 Å². The molecule has 0 aliphatic heterocycles. The molecule has 108 valence electrons. The quantitative estimate of drug-likeness (QED) is 0.387. The van der Waals surface area contributed by atoms with Crippen LogP contribution in [0.1, 0.15) is 15.9 Å². The Labute approximate surface area is 129 Å². The molecule has 0 saturated carbocycles. The highest BCUT2D eigenvalue weighted by Gasteiger charge is 2.01. The van der Waals surface area contributed by atoms with Crippen LogP contribution in [0, 0.1) is 6.92 Å². The Bertz CT molecular complexity index is 830. The van der Waals surface area contributed by atoms with Crippen LogP contribution in [-0.4, -0.2) is 5.78 Å². The summed E-state index contributed by atoms with van der Waals surface area (Å²) in [5.74, 6) is 0.646. The van der Waals surface area contributed by atoms with Crippen LogP contribution < -0.4 is 4.74 Å². The Balaban J connectivity index is 1.70. The minimum absolute atomic E-state index is 0.0687. The van der Waals surface area contributed by atoms with Crippen molar-refractivity contribution in [3.05, 3.63) is 90.2 Å². The number of aryl methyl sites for hydroxylation is 1. The number of allylic oxidation sites excluding steroid dienone is 1. The molecular formula is C20H16O2. The molecule has 22 heavy (non-hydrogen) atoms. The fourth-order valence-electron chi connectivity index (χ4n) is 2.23. The third kappa shape index (κ3) is 3.23. The topological polar surface area (TPSA) is 26.3 Å². The first-order chi connectivity index (χ1) is 10.7. The third-order valence-electron chi connectivity index (χ3n) is 3.48. The minimum Gasteiger partial charge on any atom is -0.465 e. The van der Waals surface area contributed by atoms with E-state index in [4.69, 9.17) is 4.74 Å². The first-order valence-corrected chi connectivity index (χ1v) is 7.15. The van der Waals surface area contributed by atoms with Crippen molar-refractivity contribution in [2.45, 2.75) is 6.92 Å². The molecule has 0 fully saturated rings. The summed E-state index contributed by atoms with van der Waals surface area (Å²) in [7, 11) is 0. The predicted octanol–water partition coefficient (Wildman–Crippen LogP) is 4.92. The van der Waals surface area contributed by atoms with Crippen LogP contribution in [-0.2, 0) is 0 Å². The van der Waals surface area contributed by atoms with E-state index in [0.29, 0.717) is 11.3 Å². The second-order valence-corrected chi connectivity index (χ2v) is 5.16. The van der Waals surface area contributed by atoms with Gasteiger partial charge in [0.25, 0.3) is 0 Å². The van der Waals surface area contributed by atoms with Crippen LogP contribution in [0.15, 0.2) is 79.1 Å². The van der Waals surface area contributed by atoms with Gasteiger partial charge in [-0.3, -0.25) is 4.79 Å². The molecule has 0 aromatic heterocycles. The molecule has 0 N–H and O–H groups in total. The van der Waals surface area contributed by atoms with E-state index in [1.807, 2.05) is 67.6 Å². The Morgan fingerprint density at radius 2 is 1.64 bits per heavy atom. The van der Waals surface area contributed by atoms with Gasteiger partial charge in [-0.1, -0.05) is 60.2 Å². The number of carbonyl (C=O) groups is 1. The molecule has 0 bridgehead atoms. The van der Waals surface area contributed by atoms with Gasteiger partial charge in [0.1, 0.15) is 5.75 Å². The lowest BCUT2D eigenvalue weighted by molar-refractivity contribution is 0.104. The fourth-order valence-corrected chi connectivity index (χ4v) is 2.23. The Kier molecular flexibility index (Phi) is 4.01. The molecule has 0 aliphatic carbocycles. The number of ketones is 1. The largest absolute Gasteiger partial charge is 0.465 e. The lowest BCUT2D eigenvalue weighted by Crippen LogP contribution is -1.95. The maximum atomic E-state index is 12.0. The van der Waals surface area contributed by atoms with Gasteiger partial charge in [0, 0.05) is 11.6 Å². The first kappa shape index (κ1) is 14.1. The maximum absolute atomic E-state index is 12.0. The summed E-state index contributed by atoms with van der Waals surface area (Å²) in [5.41, 5.74) is 1.79. The number of hydrogen-bond donors (Lipinski definition) is 0. The van der Waals surface area contributed by atoms with E-state index in [9.17, 15) is 4.79 Å². The smallest absolute Gasteiger partial charge is 0.188 e. The highest BCUT2D eigenvalue weighted by atomic mass is 16.5. The van der Waals surface area contributed by atoms with Crippen molar-refractivity contribution >= 4 is 16.6 Å². The second kappa shape index (κ2) is 6.27. The molecule has 3 aromatic carbocycles. The van der Waals surface area contributed by atoms with Crippen molar-refractivity contribution in [2.75, 3.05) is 0 Å². The highest BCUT2D eigenvalue weighted by Crippen LogP contribution is 2.20. The van der Waals surface area contributed by atoms with E-state index in [2.05, 4.69) is 6.07 Å². The van der Waals surface area contributed by atoms with Gasteiger partial charge in [0.2, 0.25) is 0 Å². The zero-order chi connectivity index (χ0) is 15.4. The summed E-state index contributed by atoms with van der Waals surface area (Å²) in [4.78, 5) is 12.0. The summed E-state index contributed by atoms with van der Waals surface area (Å²) < 4.78 is 5.53. The van der Waals surface area contributed by atoms with Crippen LogP contribution in [0.2, 0.25) is 0 Å². The van der Waals surface area contributed by atoms with Gasteiger partial charge in [-0.2, -0.15) is 0 Å². The average molecular weight is 288 g/mol. The SMILES string of the molecule is Cc1ccc(C(=O)/C=C/Oc2ccc3ccccc3c2)cc1. The van der Waals surface area contributed by atoms with Gasteiger partial charge in [-0.05, 0) is 29.8 Å². The predicted molar refractivity (Wildman–Crippen MR) is 89.2 cm³/mol. The van der Waals surface area contributed by atoms with E-state index >= 15 is 0 Å². The van der Waals surface area contributed by atoms with Gasteiger partial charge in [0.15, 0.2) is 5.78 Å². The van der Waals surface area contributed by atoms with Crippen molar-refractivity contribution in [1.29, 1.82) is 0 Å². The molecular weight excluding hydrogens is 272 g/mol. The maximum Gasteiger partial charge on any atom is 0.188 e. The van der Waals surface area contributed by atoms with Crippen molar-refractivity contribution in [3.8, 4) is 5.75 Å². The summed E-state index contributed by atoms with van der Waals surface area (Å²) in [5, 5.41) is 2.27. The fraction of sp³-hybridized carbons (Fsp3) is 0.0500. The molecule has 2 nitrogen and oxygen atoms in total. The molecule has 3 rings (SSSR count). The molecule has 0 saturated heterocycles. The summed E-state index contributed by atoms with van der Waals surface area (Å²) in [6.07, 6.45) is 2.88. The molecule has 0 amide bonds. The summed E-state index contributed by atoms with van der Waals surface area (Å²) >= 11 is 0. The lowest BCUT2D eigenvalue weighted by Gasteiger charge is -2.02. The number of fused-ring (bicyclic) bond motifs is 1. The van der Waals surface area contributed by atoms with Crippen molar-refractivity contribution < 1.29 is 9.53 Å². The standard InChI is InChI=1S/C20H16O2/c1-15-6-8-17(9-7-15)20(21)12-13-22-19-11-10-16-4-2-3-5-18(16)14-19/h2-14H,1H3/b13-12+. The van der Waals surface area contributed by atoms with E-state index in [-0.39, 0.29) is 5.78 Å². The average Bonchev–Trinajstić information content (AvgIpc) is 2.55. The third-order valence-corrected chi connectivity index (χ3v) is 3.48. The summed E-state index contributed by atoms with van der Waals surface area (Å²) in [6, 6.07) is 21.4. The number of rotatable bonds is 4. The van der Waals surface area contributed by atoms with Crippen molar-refractivity contribution in [3.63, 3.8) is 0 Å². The van der Waals surface area contributed by atoms with Crippen LogP contribution >= 0.6 is 0 Å². The number of hydrogen-bond acceptors (Lipinski definition) is 2. The minimum atomic E-state index is -0.0687. The Morgan fingerprint density at radius 3 is 2.41 bits per heavy atom. The molecule has 0 radical (unpaired) electrons. The zero-order valence-electron chi connectivity index (χ0n) is 12.3. The molecule has 0 unspecified atom stereocenters. The van der Waals surface area contributed by atoms with Crippen LogP contribution in [0.3, 0.4) is 0 Å². The lowest BCUT2D eigenvalue weighted by atomic mass is 10.1. The zero-order valence-corrected chi connectivity index (χ0v) is 12.3. The van der Waals surface area contributed by atoms with E-state index in [1.54, 1.807) is 0 Å². The van der Waals surface area contributed by atoms with E-state index in [0.717, 1.165) is 16.3 Å². The highest BCUT2D eigenvalue weighted by molar-refractivity contribution is 6.04. The van der Waals surface area contributed by atoms with Gasteiger partial charge in [-0.25, -0.2) is 0 Å². The van der Waals surface area contributed by atoms with Crippen LogP contribution in [0.25, 0.3) is 10.8 Å². The molecule has 0 atom stereocenters. The normalized spacial score (nSPS) is 11.0. The number of carbonyl (C=O) groups excluding carboxylic acids is 1. The van der Waals surface area contributed by atoms with Crippen LogP contribution in [0.5, 0.6) is 5.75 Å². The van der Waals surface area contributed by atoms with Crippen molar-refractivity contribution in [1.82, 2.24) is 0 Å². The van der Waals surface area contributed by atoms with E-state index < -0.39 is 0 Å². The monoisotopic (exact) mass is 288 g/mol. The van der Waals surface area contributed by atoms with Gasteiger partial charge in [0.05, 0.1) is 6.26 Å². The van der Waals surface area contributed by atoms with E-state index in [1.165, 1.54) is 12.3 Å². The molecule has 0 heterocycles. The number of ether oxygens (including phenoxy) is 1. The Hall–Kier alpha value is -2.87. The van der Waals surface area contributed by atoms with Crippen molar-refractivity contribution in [2.24, 2.45) is 0 Å². The Morgan fingerprint density at radius 1 is 0.909 bits per heavy atom. The first-order valence-electron chi connectivity index (χ1n) is 7.15. The molecule has 0 aliphatic rings. The van der Waals surface area contributed by atoms with Gasteiger partial charge >= 0.3 is 0 Å².